The maximum atomic E-state index is 14.1. The fourth-order valence-electron chi connectivity index (χ4n) is 1.84. The predicted octanol–water partition coefficient (Wildman–Crippen LogP) is 5.73. The second kappa shape index (κ2) is 9.36. The molecule has 0 aromatic heterocycles. The highest BCUT2D eigenvalue weighted by atomic mass is 127. The number of rotatable bonds is 3. The fraction of sp³-hybridized carbons (Fsp3) is 0. The van der Waals surface area contributed by atoms with Crippen molar-refractivity contribution >= 4 is 129 Å². The van der Waals surface area contributed by atoms with Crippen LogP contribution in [0.15, 0.2) is 4.90 Å². The summed E-state index contributed by atoms with van der Waals surface area (Å²) in [4.78, 5) is 10.3. The van der Waals surface area contributed by atoms with Crippen LogP contribution in [0.5, 0.6) is 5.75 Å². The Hall–Kier alpha value is 1.19. The molecule has 28 heavy (non-hydrogen) atoms. The number of benzene rings is 2. The molecular weight excluding hydrogens is 979 g/mol. The second-order valence-corrected chi connectivity index (χ2v) is 11.5. The highest BCUT2D eigenvalue weighted by molar-refractivity contribution is 14.1. The number of halogens is 9. The molecule has 0 radical (unpaired) electrons. The third-order valence-electron chi connectivity index (χ3n) is 3.05. The zero-order valence-corrected chi connectivity index (χ0v) is 24.0. The molecule has 0 heterocycles. The SMILES string of the molecule is O=C(Oc1c(F)c(F)c(S(=O)(=O)O)c(F)c1F)c1c(I)c(I)c(I)c(I)c1I. The van der Waals surface area contributed by atoms with Gasteiger partial charge in [-0.25, -0.2) is 13.6 Å². The summed E-state index contributed by atoms with van der Waals surface area (Å²) in [5.41, 5.74) is -0.0890. The summed E-state index contributed by atoms with van der Waals surface area (Å²) < 4.78 is 94.0. The van der Waals surface area contributed by atoms with Gasteiger partial charge in [-0.05, 0) is 113 Å². The molecule has 0 atom stereocenters. The van der Waals surface area contributed by atoms with Crippen molar-refractivity contribution < 1.29 is 40.1 Å². The van der Waals surface area contributed by atoms with Crippen LogP contribution in [0.4, 0.5) is 17.6 Å². The van der Waals surface area contributed by atoms with Crippen molar-refractivity contribution in [1.82, 2.24) is 0 Å². The summed E-state index contributed by atoms with van der Waals surface area (Å²) in [7, 11) is -5.61. The highest BCUT2D eigenvalue weighted by Crippen LogP contribution is 2.36. The molecule has 0 fully saturated rings. The lowest BCUT2D eigenvalue weighted by Gasteiger charge is -2.14. The van der Waals surface area contributed by atoms with Gasteiger partial charge < -0.3 is 4.74 Å². The predicted molar refractivity (Wildman–Crippen MR) is 131 cm³/mol. The molecule has 2 aromatic rings. The van der Waals surface area contributed by atoms with E-state index in [1.807, 2.05) is 113 Å². The minimum atomic E-state index is -5.61. The topological polar surface area (TPSA) is 80.7 Å². The summed E-state index contributed by atoms with van der Waals surface area (Å²) in [6, 6.07) is 0. The van der Waals surface area contributed by atoms with Crippen molar-refractivity contribution in [2.45, 2.75) is 4.90 Å². The first kappa shape index (κ1) is 25.5. The van der Waals surface area contributed by atoms with Crippen LogP contribution in [0.3, 0.4) is 0 Å². The average Bonchev–Trinajstić information content (AvgIpc) is 2.59. The first-order valence-corrected chi connectivity index (χ1v) is 13.1. The Morgan fingerprint density at radius 3 is 1.46 bits per heavy atom. The van der Waals surface area contributed by atoms with Crippen LogP contribution < -0.4 is 4.74 Å². The first-order valence-electron chi connectivity index (χ1n) is 6.28. The molecule has 5 nitrogen and oxygen atoms in total. The van der Waals surface area contributed by atoms with Crippen molar-refractivity contribution in [2.75, 3.05) is 0 Å². The molecule has 2 rings (SSSR count). The Morgan fingerprint density at radius 1 is 0.750 bits per heavy atom. The molecule has 0 aliphatic heterocycles. The number of carbonyl (C=O) groups is 1. The Balaban J connectivity index is 2.68. The Labute approximate surface area is 223 Å². The van der Waals surface area contributed by atoms with Crippen LogP contribution in [0.2, 0.25) is 0 Å². The molecule has 0 amide bonds. The van der Waals surface area contributed by atoms with Gasteiger partial charge in [0.15, 0.2) is 16.5 Å². The fourth-order valence-corrected chi connectivity index (χ4v) is 7.67. The van der Waals surface area contributed by atoms with E-state index in [0.29, 0.717) is 14.3 Å². The third-order valence-corrected chi connectivity index (χ3v) is 13.4. The van der Waals surface area contributed by atoms with Gasteiger partial charge in [0.25, 0.3) is 0 Å². The maximum Gasteiger partial charge on any atom is 0.345 e. The summed E-state index contributed by atoms with van der Waals surface area (Å²) in [6.07, 6.45) is 0. The number of hydrogen-bond acceptors (Lipinski definition) is 4. The zero-order chi connectivity index (χ0) is 21.7. The van der Waals surface area contributed by atoms with Crippen molar-refractivity contribution in [1.29, 1.82) is 0 Å². The average molecular weight is 980 g/mol. The maximum absolute atomic E-state index is 14.1. The van der Waals surface area contributed by atoms with E-state index >= 15 is 0 Å². The Bertz CT molecular complexity index is 1080. The van der Waals surface area contributed by atoms with Gasteiger partial charge in [-0.2, -0.15) is 17.2 Å². The van der Waals surface area contributed by atoms with Crippen LogP contribution in [-0.2, 0) is 10.1 Å². The second-order valence-electron chi connectivity index (χ2n) is 4.72. The van der Waals surface area contributed by atoms with Crippen LogP contribution >= 0.6 is 113 Å². The van der Waals surface area contributed by atoms with E-state index in [2.05, 4.69) is 4.74 Å². The minimum absolute atomic E-state index is 0.0890. The van der Waals surface area contributed by atoms with Crippen LogP contribution in [-0.4, -0.2) is 18.9 Å². The molecule has 15 heteroatoms. The molecule has 1 N–H and O–H groups in total. The molecule has 0 aliphatic carbocycles. The van der Waals surface area contributed by atoms with Gasteiger partial charge in [0.2, 0.25) is 17.4 Å². The Morgan fingerprint density at radius 2 is 1.11 bits per heavy atom. The van der Waals surface area contributed by atoms with Gasteiger partial charge in [-0.3, -0.25) is 4.55 Å². The summed E-state index contributed by atoms with van der Waals surface area (Å²) in [6.45, 7) is 0. The quantitative estimate of drug-likeness (QED) is 0.0810. The van der Waals surface area contributed by atoms with E-state index in [1.165, 1.54) is 0 Å². The molecule has 0 aliphatic rings. The molecule has 2 aromatic carbocycles. The zero-order valence-electron chi connectivity index (χ0n) is 12.4. The van der Waals surface area contributed by atoms with E-state index in [-0.39, 0.29) is 5.56 Å². The normalized spacial score (nSPS) is 11.6. The number of carbonyl (C=O) groups excluding carboxylic acids is 1. The number of esters is 1. The first-order chi connectivity index (χ1) is 12.7. The monoisotopic (exact) mass is 979 g/mol. The summed E-state index contributed by atoms with van der Waals surface area (Å²) in [5, 5.41) is 0. The number of hydrogen-bond donors (Lipinski definition) is 1. The molecule has 0 saturated heterocycles. The molecular formula is C13HF4I5O5S. The largest absolute Gasteiger partial charge is 0.416 e. The lowest BCUT2D eigenvalue weighted by Crippen LogP contribution is -2.19. The molecule has 0 spiro atoms. The van der Waals surface area contributed by atoms with Gasteiger partial charge in [0, 0.05) is 17.9 Å². The van der Waals surface area contributed by atoms with Gasteiger partial charge in [0.05, 0.1) is 5.56 Å². The summed E-state index contributed by atoms with van der Waals surface area (Å²) in [5.74, 6) is -12.5. The van der Waals surface area contributed by atoms with Crippen molar-refractivity contribution in [3.63, 3.8) is 0 Å². The van der Waals surface area contributed by atoms with E-state index in [4.69, 9.17) is 4.55 Å². The molecule has 0 bridgehead atoms. The molecule has 0 saturated carbocycles. The van der Waals surface area contributed by atoms with Crippen molar-refractivity contribution in [2.24, 2.45) is 0 Å². The highest BCUT2D eigenvalue weighted by Gasteiger charge is 2.35. The standard InChI is InChI=1S/C13HF4I5O5S/c14-2-4(16)12(28(24,25)26)5(17)3(15)11(2)27-13(23)1-6(18)8(20)10(22)9(21)7(1)19/h(H,24,25,26). The summed E-state index contributed by atoms with van der Waals surface area (Å²) >= 11 is 9.54. The third kappa shape index (κ3) is 4.67. The molecule has 152 valence electrons. The van der Waals surface area contributed by atoms with E-state index in [9.17, 15) is 30.8 Å². The van der Waals surface area contributed by atoms with Crippen LogP contribution in [0.25, 0.3) is 0 Å². The van der Waals surface area contributed by atoms with Crippen molar-refractivity contribution in [3.05, 3.63) is 46.7 Å². The van der Waals surface area contributed by atoms with E-state index in [0.717, 1.165) is 3.57 Å². The van der Waals surface area contributed by atoms with Crippen LogP contribution in [0, 0.1) is 41.1 Å². The van der Waals surface area contributed by atoms with Gasteiger partial charge >= 0.3 is 16.1 Å². The smallest absolute Gasteiger partial charge is 0.345 e. The number of ether oxygens (including phenoxy) is 1. The molecule has 0 unspecified atom stereocenters. The van der Waals surface area contributed by atoms with Crippen molar-refractivity contribution in [3.8, 4) is 5.75 Å². The lowest BCUT2D eigenvalue weighted by atomic mass is 10.2. The minimum Gasteiger partial charge on any atom is -0.416 e. The van der Waals surface area contributed by atoms with E-state index in [1.54, 1.807) is 0 Å². The van der Waals surface area contributed by atoms with E-state index < -0.39 is 50.0 Å². The van der Waals surface area contributed by atoms with Gasteiger partial charge in [-0.15, -0.1) is 0 Å². The van der Waals surface area contributed by atoms with Gasteiger partial charge in [-0.1, -0.05) is 0 Å². The Kier molecular flexibility index (Phi) is 8.51. The lowest BCUT2D eigenvalue weighted by molar-refractivity contribution is 0.0714. The van der Waals surface area contributed by atoms with Crippen LogP contribution in [0.1, 0.15) is 10.4 Å². The van der Waals surface area contributed by atoms with Gasteiger partial charge in [0.1, 0.15) is 0 Å².